The van der Waals surface area contributed by atoms with Crippen LogP contribution in [-0.4, -0.2) is 42.5 Å². The van der Waals surface area contributed by atoms with E-state index in [1.807, 2.05) is 32.0 Å². The third-order valence-electron chi connectivity index (χ3n) is 4.86. The van der Waals surface area contributed by atoms with E-state index < -0.39 is 0 Å². The van der Waals surface area contributed by atoms with Gasteiger partial charge in [0, 0.05) is 24.0 Å². The second-order valence-corrected chi connectivity index (χ2v) is 8.21. The lowest BCUT2D eigenvalue weighted by molar-refractivity contribution is -0.125. The zero-order valence-corrected chi connectivity index (χ0v) is 18.0. The molecule has 1 saturated heterocycles. The number of carbonyl (C=O) groups is 3. The molecule has 0 atom stereocenters. The molecule has 0 bridgehead atoms. The van der Waals surface area contributed by atoms with E-state index in [0.29, 0.717) is 12.1 Å². The van der Waals surface area contributed by atoms with Crippen molar-refractivity contribution in [3.05, 3.63) is 76.7 Å². The molecule has 3 amide bonds. The van der Waals surface area contributed by atoms with Crippen LogP contribution in [-0.2, 0) is 17.9 Å². The lowest BCUT2D eigenvalue weighted by Crippen LogP contribution is -2.28. The zero-order chi connectivity index (χ0) is 22.0. The third-order valence-corrected chi connectivity index (χ3v) is 5.72. The van der Waals surface area contributed by atoms with Gasteiger partial charge < -0.3 is 5.32 Å². The van der Waals surface area contributed by atoms with E-state index in [1.165, 1.54) is 4.90 Å². The number of hydrogen-bond donors (Lipinski definition) is 1. The standard InChI is InChI=1S/C22H21N5O3S/c1-14-8-15(2)27(25-14)19-7-6-17(10-23-19)11-24-21(29)18-5-3-4-16(9-18)12-26-20(28)13-31-22(26)30/h3-10H,11-13H2,1-2H3,(H,24,29). The Morgan fingerprint density at radius 1 is 1.13 bits per heavy atom. The van der Waals surface area contributed by atoms with Crippen LogP contribution in [0.2, 0.25) is 0 Å². The van der Waals surface area contributed by atoms with Crippen molar-refractivity contribution >= 4 is 28.8 Å². The minimum atomic E-state index is -0.253. The average molecular weight is 436 g/mol. The van der Waals surface area contributed by atoms with Crippen LogP contribution < -0.4 is 5.32 Å². The molecule has 0 saturated carbocycles. The number of imide groups is 1. The molecule has 2 aromatic heterocycles. The van der Waals surface area contributed by atoms with Gasteiger partial charge in [0.05, 0.1) is 18.0 Å². The number of thioether (sulfide) groups is 1. The number of aromatic nitrogens is 3. The quantitative estimate of drug-likeness (QED) is 0.639. The number of carbonyl (C=O) groups excluding carboxylic acids is 3. The SMILES string of the molecule is Cc1cc(C)n(-c2ccc(CNC(=O)c3cccc(CN4C(=O)CSC4=O)c3)cn2)n1. The van der Waals surface area contributed by atoms with Crippen LogP contribution >= 0.6 is 11.8 Å². The summed E-state index contributed by atoms with van der Waals surface area (Å²) in [6.45, 7) is 4.40. The predicted molar refractivity (Wildman–Crippen MR) is 117 cm³/mol. The van der Waals surface area contributed by atoms with Crippen molar-refractivity contribution in [1.29, 1.82) is 0 Å². The Labute approximate surface area is 183 Å². The summed E-state index contributed by atoms with van der Waals surface area (Å²) >= 11 is 0.997. The molecule has 8 nitrogen and oxygen atoms in total. The second-order valence-electron chi connectivity index (χ2n) is 7.28. The number of benzene rings is 1. The average Bonchev–Trinajstić information content (AvgIpc) is 3.27. The highest BCUT2D eigenvalue weighted by Crippen LogP contribution is 2.21. The minimum Gasteiger partial charge on any atom is -0.348 e. The summed E-state index contributed by atoms with van der Waals surface area (Å²) in [6, 6.07) is 12.7. The Hall–Kier alpha value is -3.46. The largest absolute Gasteiger partial charge is 0.348 e. The van der Waals surface area contributed by atoms with Gasteiger partial charge >= 0.3 is 0 Å². The highest BCUT2D eigenvalue weighted by atomic mass is 32.2. The molecular formula is C22H21N5O3S. The van der Waals surface area contributed by atoms with E-state index in [2.05, 4.69) is 15.4 Å². The van der Waals surface area contributed by atoms with Crippen LogP contribution in [0.15, 0.2) is 48.7 Å². The molecule has 9 heteroatoms. The van der Waals surface area contributed by atoms with E-state index in [9.17, 15) is 14.4 Å². The molecule has 31 heavy (non-hydrogen) atoms. The molecule has 0 unspecified atom stereocenters. The van der Waals surface area contributed by atoms with Gasteiger partial charge in [0.1, 0.15) is 0 Å². The topological polar surface area (TPSA) is 97.2 Å². The van der Waals surface area contributed by atoms with E-state index >= 15 is 0 Å². The van der Waals surface area contributed by atoms with Gasteiger partial charge in [-0.05, 0) is 49.2 Å². The Morgan fingerprint density at radius 3 is 2.61 bits per heavy atom. The Balaban J connectivity index is 1.38. The summed E-state index contributed by atoms with van der Waals surface area (Å²) in [6.07, 6.45) is 1.71. The first-order valence-corrected chi connectivity index (χ1v) is 10.7. The molecule has 1 aliphatic heterocycles. The molecule has 158 valence electrons. The van der Waals surface area contributed by atoms with Crippen LogP contribution in [0, 0.1) is 13.8 Å². The van der Waals surface area contributed by atoms with Gasteiger partial charge in [0.15, 0.2) is 5.82 Å². The van der Waals surface area contributed by atoms with E-state index in [1.54, 1.807) is 35.1 Å². The molecule has 1 N–H and O–H groups in total. The van der Waals surface area contributed by atoms with E-state index in [0.717, 1.165) is 40.1 Å². The van der Waals surface area contributed by atoms with Crippen molar-refractivity contribution in [3.63, 3.8) is 0 Å². The molecule has 0 aliphatic carbocycles. The maximum atomic E-state index is 12.6. The molecule has 3 heterocycles. The van der Waals surface area contributed by atoms with Gasteiger partial charge in [-0.2, -0.15) is 5.10 Å². The maximum absolute atomic E-state index is 12.6. The highest BCUT2D eigenvalue weighted by Gasteiger charge is 2.29. The number of aryl methyl sites for hydroxylation is 2. The normalized spacial score (nSPS) is 13.7. The Morgan fingerprint density at radius 2 is 1.97 bits per heavy atom. The molecule has 1 aromatic carbocycles. The molecule has 0 spiro atoms. The van der Waals surface area contributed by atoms with Crippen molar-refractivity contribution < 1.29 is 14.4 Å². The molecule has 0 radical (unpaired) electrons. The highest BCUT2D eigenvalue weighted by molar-refractivity contribution is 8.14. The predicted octanol–water partition coefficient (Wildman–Crippen LogP) is 3.01. The molecular weight excluding hydrogens is 414 g/mol. The van der Waals surface area contributed by atoms with Crippen molar-refractivity contribution in [1.82, 2.24) is 25.0 Å². The second kappa shape index (κ2) is 8.73. The fourth-order valence-electron chi connectivity index (χ4n) is 3.32. The van der Waals surface area contributed by atoms with Crippen molar-refractivity contribution in [2.24, 2.45) is 0 Å². The smallest absolute Gasteiger partial charge is 0.289 e. The lowest BCUT2D eigenvalue weighted by atomic mass is 10.1. The Kier molecular flexibility index (Phi) is 5.85. The number of nitrogens with zero attached hydrogens (tertiary/aromatic N) is 4. The number of nitrogens with one attached hydrogen (secondary N) is 1. The fourth-order valence-corrected chi connectivity index (χ4v) is 4.04. The summed E-state index contributed by atoms with van der Waals surface area (Å²) in [7, 11) is 0. The number of hydrogen-bond acceptors (Lipinski definition) is 6. The summed E-state index contributed by atoms with van der Waals surface area (Å²) < 4.78 is 1.78. The van der Waals surface area contributed by atoms with Crippen molar-refractivity contribution in [2.45, 2.75) is 26.9 Å². The van der Waals surface area contributed by atoms with Gasteiger partial charge in [0.2, 0.25) is 5.91 Å². The first-order valence-electron chi connectivity index (χ1n) is 9.73. The molecule has 1 aliphatic rings. The summed E-state index contributed by atoms with van der Waals surface area (Å²) in [5.41, 5.74) is 3.99. The van der Waals surface area contributed by atoms with Crippen LogP contribution in [0.5, 0.6) is 0 Å². The van der Waals surface area contributed by atoms with Crippen LogP contribution in [0.3, 0.4) is 0 Å². The first-order chi connectivity index (χ1) is 14.9. The summed E-state index contributed by atoms with van der Waals surface area (Å²) in [5.74, 6) is 0.447. The monoisotopic (exact) mass is 435 g/mol. The van der Waals surface area contributed by atoms with Crippen LogP contribution in [0.25, 0.3) is 5.82 Å². The van der Waals surface area contributed by atoms with Crippen molar-refractivity contribution in [3.8, 4) is 5.82 Å². The molecule has 1 fully saturated rings. The summed E-state index contributed by atoms with van der Waals surface area (Å²) in [4.78, 5) is 41.8. The van der Waals surface area contributed by atoms with E-state index in [4.69, 9.17) is 0 Å². The fraction of sp³-hybridized carbons (Fsp3) is 0.227. The summed E-state index contributed by atoms with van der Waals surface area (Å²) in [5, 5.41) is 7.04. The number of amides is 3. The number of rotatable bonds is 6. The first kappa shape index (κ1) is 20.8. The van der Waals surface area contributed by atoms with E-state index in [-0.39, 0.29) is 29.4 Å². The van der Waals surface area contributed by atoms with Gasteiger partial charge in [-0.3, -0.25) is 19.3 Å². The van der Waals surface area contributed by atoms with Gasteiger partial charge in [-0.25, -0.2) is 9.67 Å². The van der Waals surface area contributed by atoms with Gasteiger partial charge in [0.25, 0.3) is 11.1 Å². The number of pyridine rings is 1. The van der Waals surface area contributed by atoms with Crippen LogP contribution in [0.4, 0.5) is 4.79 Å². The third kappa shape index (κ3) is 4.66. The molecule has 4 rings (SSSR count). The minimum absolute atomic E-state index is 0.170. The lowest BCUT2D eigenvalue weighted by Gasteiger charge is -2.13. The zero-order valence-electron chi connectivity index (χ0n) is 17.2. The Bertz CT molecular complexity index is 1140. The van der Waals surface area contributed by atoms with Crippen LogP contribution in [0.1, 0.15) is 32.9 Å². The maximum Gasteiger partial charge on any atom is 0.289 e. The van der Waals surface area contributed by atoms with Gasteiger partial charge in [-0.15, -0.1) is 0 Å². The van der Waals surface area contributed by atoms with Gasteiger partial charge in [-0.1, -0.05) is 30.0 Å². The molecule has 3 aromatic rings. The van der Waals surface area contributed by atoms with Crippen molar-refractivity contribution in [2.75, 3.05) is 5.75 Å².